The van der Waals surface area contributed by atoms with Crippen LogP contribution in [0.25, 0.3) is 79.2 Å². The lowest BCUT2D eigenvalue weighted by molar-refractivity contribution is 1.07. The maximum atomic E-state index is 4.98. The Morgan fingerprint density at radius 3 is 1.40 bits per heavy atom. The van der Waals surface area contributed by atoms with Gasteiger partial charge in [-0.15, -0.1) is 0 Å². The molecule has 0 aliphatic heterocycles. The lowest BCUT2D eigenvalue weighted by Gasteiger charge is -2.11. The predicted octanol–water partition coefficient (Wildman–Crippen LogP) is 9.73. The zero-order valence-corrected chi connectivity index (χ0v) is 25.8. The number of hydrogen-bond acceptors (Lipinski definition) is 6. The molecule has 0 aliphatic carbocycles. The molecular formula is C42H28N6. The number of benzene rings is 4. The van der Waals surface area contributed by atoms with Gasteiger partial charge in [0.25, 0.3) is 0 Å². The highest BCUT2D eigenvalue weighted by Crippen LogP contribution is 2.31. The molecule has 0 saturated carbocycles. The molecule has 8 aromatic rings. The monoisotopic (exact) mass is 616 g/mol. The van der Waals surface area contributed by atoms with E-state index in [9.17, 15) is 0 Å². The second-order valence-corrected chi connectivity index (χ2v) is 11.3. The van der Waals surface area contributed by atoms with Crippen molar-refractivity contribution < 1.29 is 0 Å². The maximum Gasteiger partial charge on any atom is 0.165 e. The molecule has 6 heteroatoms. The molecule has 0 aliphatic rings. The average molecular weight is 617 g/mol. The fourth-order valence-electron chi connectivity index (χ4n) is 5.60. The van der Waals surface area contributed by atoms with E-state index in [1.54, 1.807) is 12.4 Å². The van der Waals surface area contributed by atoms with Crippen LogP contribution in [0.15, 0.2) is 170 Å². The molecule has 0 bridgehead atoms. The van der Waals surface area contributed by atoms with Gasteiger partial charge < -0.3 is 0 Å². The Kier molecular flexibility index (Phi) is 7.79. The lowest BCUT2D eigenvalue weighted by Crippen LogP contribution is -2.01. The summed E-state index contributed by atoms with van der Waals surface area (Å²) < 4.78 is 0. The van der Waals surface area contributed by atoms with E-state index < -0.39 is 0 Å². The van der Waals surface area contributed by atoms with Crippen LogP contribution >= 0.6 is 0 Å². The van der Waals surface area contributed by atoms with Gasteiger partial charge in [0.15, 0.2) is 17.5 Å². The molecular weight excluding hydrogens is 589 g/mol. The zero-order valence-electron chi connectivity index (χ0n) is 25.8. The van der Waals surface area contributed by atoms with E-state index in [-0.39, 0.29) is 0 Å². The molecule has 0 amide bonds. The van der Waals surface area contributed by atoms with Gasteiger partial charge in [0, 0.05) is 29.1 Å². The molecule has 0 atom stereocenters. The number of hydrogen-bond donors (Lipinski definition) is 0. The Hall–Kier alpha value is -6.66. The van der Waals surface area contributed by atoms with Crippen LogP contribution in [-0.4, -0.2) is 29.9 Å². The van der Waals surface area contributed by atoms with Crippen LogP contribution in [0.3, 0.4) is 0 Å². The van der Waals surface area contributed by atoms with E-state index in [0.29, 0.717) is 17.5 Å². The van der Waals surface area contributed by atoms with E-state index in [0.717, 1.165) is 61.7 Å². The lowest BCUT2D eigenvalue weighted by atomic mass is 10.0. The minimum Gasteiger partial charge on any atom is -0.255 e. The molecule has 48 heavy (non-hydrogen) atoms. The third-order valence-corrected chi connectivity index (χ3v) is 8.04. The summed E-state index contributed by atoms with van der Waals surface area (Å²) in [5.74, 6) is 1.74. The quantitative estimate of drug-likeness (QED) is 0.177. The van der Waals surface area contributed by atoms with Gasteiger partial charge in [-0.1, -0.05) is 115 Å². The van der Waals surface area contributed by atoms with Crippen molar-refractivity contribution in [1.29, 1.82) is 0 Å². The van der Waals surface area contributed by atoms with Crippen molar-refractivity contribution >= 4 is 0 Å². The van der Waals surface area contributed by atoms with Gasteiger partial charge in [-0.05, 0) is 64.7 Å². The minimum absolute atomic E-state index is 0.545. The summed E-state index contributed by atoms with van der Waals surface area (Å²) in [6.07, 6.45) is 3.59. The number of rotatable bonds is 7. The van der Waals surface area contributed by atoms with Gasteiger partial charge in [0.05, 0.1) is 22.8 Å². The third kappa shape index (κ3) is 6.10. The van der Waals surface area contributed by atoms with E-state index in [1.165, 1.54) is 0 Å². The second kappa shape index (κ2) is 13.0. The molecule has 0 fully saturated rings. The van der Waals surface area contributed by atoms with Gasteiger partial charge in [-0.2, -0.15) is 0 Å². The normalized spacial score (nSPS) is 10.9. The van der Waals surface area contributed by atoms with Crippen LogP contribution in [0.4, 0.5) is 0 Å². The molecule has 0 unspecified atom stereocenters. The fraction of sp³-hybridized carbons (Fsp3) is 0. The summed E-state index contributed by atoms with van der Waals surface area (Å²) in [5.41, 5.74) is 10.0. The van der Waals surface area contributed by atoms with E-state index in [2.05, 4.69) is 53.5 Å². The Morgan fingerprint density at radius 2 is 0.792 bits per heavy atom. The Morgan fingerprint density at radius 1 is 0.271 bits per heavy atom. The molecule has 4 aromatic heterocycles. The van der Waals surface area contributed by atoms with Crippen molar-refractivity contribution in [1.82, 2.24) is 29.9 Å². The highest BCUT2D eigenvalue weighted by Gasteiger charge is 2.15. The first-order valence-corrected chi connectivity index (χ1v) is 15.7. The first-order valence-electron chi connectivity index (χ1n) is 15.7. The first kappa shape index (κ1) is 28.8. The highest BCUT2D eigenvalue weighted by molar-refractivity contribution is 5.76. The predicted molar refractivity (Wildman–Crippen MR) is 191 cm³/mol. The molecule has 0 radical (unpaired) electrons. The fourth-order valence-corrected chi connectivity index (χ4v) is 5.60. The topological polar surface area (TPSA) is 77.3 Å². The van der Waals surface area contributed by atoms with Crippen molar-refractivity contribution in [3.8, 4) is 79.2 Å². The van der Waals surface area contributed by atoms with E-state index >= 15 is 0 Å². The smallest absolute Gasteiger partial charge is 0.165 e. The largest absolute Gasteiger partial charge is 0.255 e. The van der Waals surface area contributed by atoms with Gasteiger partial charge >= 0.3 is 0 Å². The molecule has 226 valence electrons. The average Bonchev–Trinajstić information content (AvgIpc) is 3.19. The van der Waals surface area contributed by atoms with Crippen LogP contribution in [-0.2, 0) is 0 Å². The molecule has 8 rings (SSSR count). The summed E-state index contributed by atoms with van der Waals surface area (Å²) in [5, 5.41) is 0. The number of nitrogens with zero attached hydrogens (tertiary/aromatic N) is 6. The summed E-state index contributed by atoms with van der Waals surface area (Å²) in [6.45, 7) is 0. The first-order chi connectivity index (χ1) is 23.8. The van der Waals surface area contributed by atoms with Crippen LogP contribution in [0.5, 0.6) is 0 Å². The van der Waals surface area contributed by atoms with Gasteiger partial charge in [0.1, 0.15) is 0 Å². The Balaban J connectivity index is 1.20. The summed E-state index contributed by atoms with van der Waals surface area (Å²) in [6, 6.07) is 52.8. The molecule has 6 nitrogen and oxygen atoms in total. The molecule has 4 heterocycles. The van der Waals surface area contributed by atoms with Crippen LogP contribution in [0.1, 0.15) is 0 Å². The third-order valence-electron chi connectivity index (χ3n) is 8.04. The van der Waals surface area contributed by atoms with Gasteiger partial charge in [-0.3, -0.25) is 9.97 Å². The molecule has 0 saturated heterocycles. The van der Waals surface area contributed by atoms with E-state index in [1.807, 2.05) is 109 Å². The van der Waals surface area contributed by atoms with Crippen LogP contribution in [0.2, 0.25) is 0 Å². The standard InChI is InChI=1S/C42H28N6/c1-4-13-29(14-5-1)32-19-12-20-33(25-32)41-46-40(31-17-8-3-9-18-31)47-42(48-41)34-22-23-37(44-28-34)39-27-35(30-15-6-2-7-16-30)26-38(45-39)36-21-10-11-24-43-36/h1-28H. The van der Waals surface area contributed by atoms with Crippen molar-refractivity contribution in [3.63, 3.8) is 0 Å². The number of pyridine rings is 3. The van der Waals surface area contributed by atoms with Crippen LogP contribution < -0.4 is 0 Å². The molecule has 4 aromatic carbocycles. The Labute approximate surface area is 278 Å². The maximum absolute atomic E-state index is 4.98. The van der Waals surface area contributed by atoms with Gasteiger partial charge in [-0.25, -0.2) is 19.9 Å². The second-order valence-electron chi connectivity index (χ2n) is 11.3. The summed E-state index contributed by atoms with van der Waals surface area (Å²) >= 11 is 0. The van der Waals surface area contributed by atoms with Gasteiger partial charge in [0.2, 0.25) is 0 Å². The van der Waals surface area contributed by atoms with Crippen molar-refractivity contribution in [3.05, 3.63) is 170 Å². The SMILES string of the molecule is c1ccc(-c2cccc(-c3nc(-c4ccccc4)nc(-c4ccc(-c5cc(-c6ccccc6)cc(-c6ccccn6)n5)nc4)n3)c2)cc1. The van der Waals surface area contributed by atoms with Crippen LogP contribution in [0, 0.1) is 0 Å². The number of aromatic nitrogens is 6. The summed E-state index contributed by atoms with van der Waals surface area (Å²) in [7, 11) is 0. The Bertz CT molecular complexity index is 2250. The van der Waals surface area contributed by atoms with Crippen molar-refractivity contribution in [2.24, 2.45) is 0 Å². The highest BCUT2D eigenvalue weighted by atomic mass is 15.0. The zero-order chi connectivity index (χ0) is 32.1. The minimum atomic E-state index is 0.545. The summed E-state index contributed by atoms with van der Waals surface area (Å²) in [4.78, 5) is 29.2. The van der Waals surface area contributed by atoms with Crippen molar-refractivity contribution in [2.75, 3.05) is 0 Å². The van der Waals surface area contributed by atoms with Crippen molar-refractivity contribution in [2.45, 2.75) is 0 Å². The van der Waals surface area contributed by atoms with E-state index in [4.69, 9.17) is 24.9 Å². The molecule has 0 N–H and O–H groups in total. The molecule has 0 spiro atoms.